The third kappa shape index (κ3) is 10.8. The zero-order valence-electron chi connectivity index (χ0n) is 21.4. The maximum atomic E-state index is 11.4. The fraction of sp³-hybridized carbons (Fsp3) is 0.625. The van der Waals surface area contributed by atoms with Gasteiger partial charge in [-0.05, 0) is 44.6 Å². The molecule has 0 bridgehead atoms. The van der Waals surface area contributed by atoms with Gasteiger partial charge in [-0.25, -0.2) is 0 Å². The molecule has 0 radical (unpaired) electrons. The number of nitrogens with zero attached hydrogens (tertiary/aromatic N) is 4. The second kappa shape index (κ2) is 17.6. The molecule has 0 aliphatic carbocycles. The molecule has 0 saturated heterocycles. The molecule has 0 fully saturated rings. The standard InChI is InChI=1S/C12H20N2OS.C12H19N2OS.K/c2*1-4-6-14(5-2)8-7-13(3)10-9-11(16)12(10)15;/h9H,4-8H2,1-3H3;9H,2,4-8H2,1,3H3;/q;-1;+1. The van der Waals surface area contributed by atoms with Crippen molar-refractivity contribution in [2.24, 2.45) is 0 Å². The summed E-state index contributed by atoms with van der Waals surface area (Å²) in [5, 5.41) is 0. The average molecular weight is 519 g/mol. The Morgan fingerprint density at radius 2 is 1.12 bits per heavy atom. The Labute approximate surface area is 252 Å². The van der Waals surface area contributed by atoms with Crippen LogP contribution in [0.2, 0.25) is 0 Å². The molecule has 0 aromatic heterocycles. The Kier molecular flexibility index (Phi) is 17.6. The molecule has 0 atom stereocenters. The van der Waals surface area contributed by atoms with Crippen molar-refractivity contribution in [1.82, 2.24) is 9.80 Å². The Balaban J connectivity index is 0.000000602. The Morgan fingerprint density at radius 1 is 0.727 bits per heavy atom. The van der Waals surface area contributed by atoms with E-state index in [1.807, 2.05) is 23.9 Å². The van der Waals surface area contributed by atoms with Crippen LogP contribution < -0.4 is 72.0 Å². The fourth-order valence-corrected chi connectivity index (χ4v) is 3.83. The van der Waals surface area contributed by atoms with Crippen LogP contribution >= 0.6 is 24.4 Å². The summed E-state index contributed by atoms with van der Waals surface area (Å²) < 4.78 is 0.909. The first kappa shape index (κ1) is 33.2. The van der Waals surface area contributed by atoms with Crippen molar-refractivity contribution in [3.05, 3.63) is 48.5 Å². The molecule has 2 aromatic rings. The summed E-state index contributed by atoms with van der Waals surface area (Å²) in [4.78, 5) is 31.4. The van der Waals surface area contributed by atoms with E-state index in [9.17, 15) is 9.59 Å². The topological polar surface area (TPSA) is 47.1 Å². The first-order valence-corrected chi connectivity index (χ1v) is 12.3. The molecule has 33 heavy (non-hydrogen) atoms. The molecule has 0 heterocycles. The van der Waals surface area contributed by atoms with E-state index in [2.05, 4.69) is 37.5 Å². The van der Waals surface area contributed by atoms with Crippen molar-refractivity contribution in [1.29, 1.82) is 0 Å². The summed E-state index contributed by atoms with van der Waals surface area (Å²) in [6.45, 7) is 18.1. The molecule has 0 aliphatic rings. The maximum Gasteiger partial charge on any atom is 1.00 e. The molecule has 0 amide bonds. The number of likely N-dealkylation sites (N-methyl/N-ethyl adjacent to an activating group) is 3. The van der Waals surface area contributed by atoms with Crippen LogP contribution in [-0.4, -0.2) is 76.3 Å². The van der Waals surface area contributed by atoms with E-state index in [4.69, 9.17) is 24.4 Å². The quantitative estimate of drug-likeness (QED) is 0.203. The molecule has 0 N–H and O–H groups in total. The molecule has 0 saturated carbocycles. The predicted octanol–water partition coefficient (Wildman–Crippen LogP) is 0.458. The van der Waals surface area contributed by atoms with Crippen molar-refractivity contribution in [3.63, 3.8) is 0 Å². The van der Waals surface area contributed by atoms with Gasteiger partial charge in [0.1, 0.15) is 0 Å². The van der Waals surface area contributed by atoms with Gasteiger partial charge < -0.3 is 26.5 Å². The number of hydrogen-bond donors (Lipinski definition) is 0. The molecular weight excluding hydrogens is 480 g/mol. The third-order valence-electron chi connectivity index (χ3n) is 5.62. The van der Waals surface area contributed by atoms with Crippen molar-refractivity contribution in [3.8, 4) is 0 Å². The predicted molar refractivity (Wildman–Crippen MR) is 143 cm³/mol. The van der Waals surface area contributed by atoms with E-state index in [1.165, 1.54) is 6.42 Å². The smallest absolute Gasteiger partial charge is 0.370 e. The van der Waals surface area contributed by atoms with Gasteiger partial charge in [0.05, 0.1) is 20.4 Å². The molecule has 9 heteroatoms. The SMILES string of the molecule is CCCN(CC)CCN(C)c1cc(=S)c1=O.[CH2-]CN(CCC)CCN(C)c1cc(=S)c1=O.[K+]. The Hall–Kier alpha value is 0.156. The zero-order chi connectivity index (χ0) is 24.3. The third-order valence-corrected chi connectivity index (χ3v) is 6.22. The maximum absolute atomic E-state index is 11.4. The van der Waals surface area contributed by atoms with Gasteiger partial charge in [-0.2, -0.15) is 0 Å². The summed E-state index contributed by atoms with van der Waals surface area (Å²) in [5.41, 5.74) is 1.54. The van der Waals surface area contributed by atoms with E-state index < -0.39 is 0 Å². The summed E-state index contributed by atoms with van der Waals surface area (Å²) >= 11 is 9.67. The number of rotatable bonds is 14. The Morgan fingerprint density at radius 3 is 1.42 bits per heavy atom. The number of hydrogen-bond acceptors (Lipinski definition) is 8. The van der Waals surface area contributed by atoms with Gasteiger partial charge in [0.2, 0.25) is 10.9 Å². The molecule has 0 unspecified atom stereocenters. The van der Waals surface area contributed by atoms with Crippen LogP contribution in [0.4, 0.5) is 11.4 Å². The first-order valence-electron chi connectivity index (χ1n) is 11.5. The van der Waals surface area contributed by atoms with Gasteiger partial charge >= 0.3 is 51.4 Å². The molecule has 180 valence electrons. The molecule has 6 nitrogen and oxygen atoms in total. The molecule has 0 spiro atoms. The van der Waals surface area contributed by atoms with Crippen LogP contribution in [0, 0.1) is 15.9 Å². The normalized spacial score (nSPS) is 10.9. The van der Waals surface area contributed by atoms with E-state index in [0.717, 1.165) is 70.2 Å². The van der Waals surface area contributed by atoms with Gasteiger partial charge in [0.25, 0.3) is 0 Å². The fourth-order valence-electron chi connectivity index (χ4n) is 3.39. The van der Waals surface area contributed by atoms with Crippen molar-refractivity contribution < 1.29 is 51.4 Å². The van der Waals surface area contributed by atoms with E-state index in [-0.39, 0.29) is 62.2 Å². The van der Waals surface area contributed by atoms with Crippen molar-refractivity contribution in [2.45, 2.75) is 33.6 Å². The second-order valence-electron chi connectivity index (χ2n) is 8.06. The van der Waals surface area contributed by atoms with Gasteiger partial charge in [0, 0.05) is 40.3 Å². The largest absolute Gasteiger partial charge is 1.00 e. The molecule has 2 rings (SSSR count). The summed E-state index contributed by atoms with van der Waals surface area (Å²) in [5.74, 6) is 0. The van der Waals surface area contributed by atoms with Crippen LogP contribution in [-0.2, 0) is 0 Å². The van der Waals surface area contributed by atoms with E-state index in [1.54, 1.807) is 12.1 Å². The molecular formula is C24H39KN4O2S2. The summed E-state index contributed by atoms with van der Waals surface area (Å²) in [6, 6.07) is 3.56. The van der Waals surface area contributed by atoms with E-state index in [0.29, 0.717) is 9.02 Å². The minimum Gasteiger partial charge on any atom is -0.370 e. The van der Waals surface area contributed by atoms with E-state index >= 15 is 0 Å². The monoisotopic (exact) mass is 518 g/mol. The van der Waals surface area contributed by atoms with Crippen LogP contribution in [0.5, 0.6) is 0 Å². The summed E-state index contributed by atoms with van der Waals surface area (Å²) in [6.07, 6.45) is 2.30. The average Bonchev–Trinajstić information content (AvgIpc) is 2.80. The number of anilines is 2. The van der Waals surface area contributed by atoms with Gasteiger partial charge in [-0.15, -0.1) is 6.54 Å². The second-order valence-corrected chi connectivity index (χ2v) is 8.94. The van der Waals surface area contributed by atoms with Crippen LogP contribution in [0.3, 0.4) is 0 Å². The molecule has 2 aromatic carbocycles. The minimum atomic E-state index is 0. The zero-order valence-corrected chi connectivity index (χ0v) is 26.1. The van der Waals surface area contributed by atoms with Gasteiger partial charge in [-0.3, -0.25) is 9.59 Å². The van der Waals surface area contributed by atoms with Crippen molar-refractivity contribution >= 4 is 35.8 Å². The van der Waals surface area contributed by atoms with Crippen LogP contribution in [0.15, 0.2) is 21.7 Å². The minimum absolute atomic E-state index is 0. The van der Waals surface area contributed by atoms with Gasteiger partial charge in [0.15, 0.2) is 0 Å². The molecule has 0 aliphatic heterocycles. The summed E-state index contributed by atoms with van der Waals surface area (Å²) in [7, 11) is 3.88. The van der Waals surface area contributed by atoms with Crippen molar-refractivity contribution in [2.75, 3.05) is 76.3 Å². The Bertz CT molecular complexity index is 874. The first-order chi connectivity index (χ1) is 15.2. The van der Waals surface area contributed by atoms with Gasteiger partial charge in [-0.1, -0.05) is 45.2 Å². The van der Waals surface area contributed by atoms with Crippen LogP contribution in [0.25, 0.3) is 0 Å². The van der Waals surface area contributed by atoms with Crippen LogP contribution in [0.1, 0.15) is 33.6 Å².